The molecule has 0 aliphatic heterocycles. The lowest BCUT2D eigenvalue weighted by Crippen LogP contribution is -1.79. The van der Waals surface area contributed by atoms with Crippen LogP contribution in [0.1, 0.15) is 12.8 Å². The van der Waals surface area contributed by atoms with Gasteiger partial charge in [0.1, 0.15) is 0 Å². The molecule has 4 bridgehead atoms. The third-order valence-corrected chi connectivity index (χ3v) is 3.51. The van der Waals surface area contributed by atoms with E-state index in [1.807, 2.05) is 0 Å². The normalized spacial score (nSPS) is 43.4. The van der Waals surface area contributed by atoms with E-state index in [1.54, 1.807) is 0 Å². The number of fused-ring (bicyclic) bond motifs is 4. The van der Waals surface area contributed by atoms with E-state index in [9.17, 15) is 0 Å². The van der Waals surface area contributed by atoms with Crippen molar-refractivity contribution < 1.29 is 0 Å². The molecular formula is C14H16. The molecule has 0 aromatic heterocycles. The molecule has 4 rings (SSSR count). The zero-order valence-electron chi connectivity index (χ0n) is 8.34. The number of hydrogen-bond donors (Lipinski definition) is 0. The summed E-state index contributed by atoms with van der Waals surface area (Å²) in [7, 11) is 0. The van der Waals surface area contributed by atoms with E-state index in [2.05, 4.69) is 48.6 Å². The summed E-state index contributed by atoms with van der Waals surface area (Å²) >= 11 is 0. The first-order valence-corrected chi connectivity index (χ1v) is 5.63. The second-order valence-electron chi connectivity index (χ2n) is 4.67. The van der Waals surface area contributed by atoms with Gasteiger partial charge >= 0.3 is 0 Å². The van der Waals surface area contributed by atoms with E-state index < -0.39 is 0 Å². The third-order valence-electron chi connectivity index (χ3n) is 3.51. The van der Waals surface area contributed by atoms with Crippen molar-refractivity contribution in [1.29, 1.82) is 0 Å². The summed E-state index contributed by atoms with van der Waals surface area (Å²) < 4.78 is 0. The predicted octanol–water partition coefficient (Wildman–Crippen LogP) is 3.50. The molecule has 0 aromatic rings. The number of rotatable bonds is 0. The van der Waals surface area contributed by atoms with Crippen LogP contribution in [0.2, 0.25) is 0 Å². The number of hydrogen-bond acceptors (Lipinski definition) is 0. The van der Waals surface area contributed by atoms with Gasteiger partial charge in [-0.05, 0) is 36.5 Å². The molecule has 0 heterocycles. The average Bonchev–Trinajstić information content (AvgIpc) is 3.01. The average molecular weight is 184 g/mol. The fourth-order valence-electron chi connectivity index (χ4n) is 2.66. The Bertz CT molecular complexity index is 240. The van der Waals surface area contributed by atoms with Gasteiger partial charge in [0.05, 0.1) is 0 Å². The quantitative estimate of drug-likeness (QED) is 0.505. The standard InChI is InChI=1S/2C7H8/c2*1-2-7-4-3-6(1)5-7/h2*1-4,6-7H,5H2. The first kappa shape index (κ1) is 8.28. The summed E-state index contributed by atoms with van der Waals surface area (Å²) in [6.45, 7) is 0. The first-order valence-electron chi connectivity index (χ1n) is 5.63. The highest BCUT2D eigenvalue weighted by molar-refractivity contribution is 5.22. The molecule has 0 nitrogen and oxygen atoms in total. The van der Waals surface area contributed by atoms with Crippen molar-refractivity contribution in [3.05, 3.63) is 48.6 Å². The lowest BCUT2D eigenvalue weighted by atomic mass is 10.2. The van der Waals surface area contributed by atoms with Crippen molar-refractivity contribution in [1.82, 2.24) is 0 Å². The Morgan fingerprint density at radius 1 is 0.429 bits per heavy atom. The molecule has 0 spiro atoms. The minimum Gasteiger partial charge on any atom is -0.0810 e. The smallest absolute Gasteiger partial charge is 0.00445 e. The molecule has 0 aromatic carbocycles. The SMILES string of the molecule is C1=CC2C=CC1C2.C1=CC2C=CC1C2. The lowest BCUT2D eigenvalue weighted by Gasteiger charge is -1.88. The van der Waals surface area contributed by atoms with Gasteiger partial charge in [0.15, 0.2) is 0 Å². The van der Waals surface area contributed by atoms with Crippen LogP contribution in [0, 0.1) is 23.7 Å². The molecule has 0 amide bonds. The van der Waals surface area contributed by atoms with E-state index in [1.165, 1.54) is 12.8 Å². The molecule has 0 N–H and O–H groups in total. The Kier molecular flexibility index (Phi) is 1.93. The third kappa shape index (κ3) is 1.50. The molecule has 0 heteroatoms. The highest BCUT2D eigenvalue weighted by Gasteiger charge is 2.19. The summed E-state index contributed by atoms with van der Waals surface area (Å²) in [4.78, 5) is 0. The van der Waals surface area contributed by atoms with E-state index in [0.717, 1.165) is 23.7 Å². The van der Waals surface area contributed by atoms with Gasteiger partial charge in [-0.1, -0.05) is 48.6 Å². The molecule has 4 aliphatic carbocycles. The maximum absolute atomic E-state index is 2.30. The topological polar surface area (TPSA) is 0 Å². The Labute approximate surface area is 85.7 Å². The van der Waals surface area contributed by atoms with Gasteiger partial charge in [-0.25, -0.2) is 0 Å². The molecule has 4 aliphatic rings. The van der Waals surface area contributed by atoms with Crippen molar-refractivity contribution in [2.75, 3.05) is 0 Å². The Morgan fingerprint density at radius 2 is 0.643 bits per heavy atom. The van der Waals surface area contributed by atoms with Crippen LogP contribution in [-0.2, 0) is 0 Å². The first-order chi connectivity index (χ1) is 6.90. The minimum absolute atomic E-state index is 0.810. The van der Waals surface area contributed by atoms with Gasteiger partial charge in [0.2, 0.25) is 0 Å². The van der Waals surface area contributed by atoms with Gasteiger partial charge in [-0.15, -0.1) is 0 Å². The molecule has 0 atom stereocenters. The van der Waals surface area contributed by atoms with E-state index in [-0.39, 0.29) is 0 Å². The second-order valence-corrected chi connectivity index (χ2v) is 4.67. The monoisotopic (exact) mass is 184 g/mol. The largest absolute Gasteiger partial charge is 0.0810 e. The van der Waals surface area contributed by atoms with Gasteiger partial charge in [-0.2, -0.15) is 0 Å². The zero-order chi connectivity index (χ0) is 9.38. The maximum Gasteiger partial charge on any atom is -0.00445 e. The van der Waals surface area contributed by atoms with Crippen LogP contribution in [0.3, 0.4) is 0 Å². The van der Waals surface area contributed by atoms with Crippen molar-refractivity contribution >= 4 is 0 Å². The molecular weight excluding hydrogens is 168 g/mol. The van der Waals surface area contributed by atoms with Crippen LogP contribution in [0.4, 0.5) is 0 Å². The van der Waals surface area contributed by atoms with Crippen molar-refractivity contribution in [3.8, 4) is 0 Å². The molecule has 0 unspecified atom stereocenters. The fourth-order valence-corrected chi connectivity index (χ4v) is 2.66. The van der Waals surface area contributed by atoms with Crippen LogP contribution >= 0.6 is 0 Å². The lowest BCUT2D eigenvalue weighted by molar-refractivity contribution is 0.732. The van der Waals surface area contributed by atoms with Gasteiger partial charge in [0, 0.05) is 0 Å². The number of allylic oxidation sites excluding steroid dienone is 8. The Morgan fingerprint density at radius 3 is 0.714 bits per heavy atom. The fraction of sp³-hybridized carbons (Fsp3) is 0.429. The van der Waals surface area contributed by atoms with Gasteiger partial charge in [0.25, 0.3) is 0 Å². The highest BCUT2D eigenvalue weighted by Crippen LogP contribution is 2.32. The van der Waals surface area contributed by atoms with Crippen molar-refractivity contribution in [2.45, 2.75) is 12.8 Å². The molecule has 0 radical (unpaired) electrons. The Balaban J connectivity index is 0.0000000914. The van der Waals surface area contributed by atoms with Gasteiger partial charge in [-0.3, -0.25) is 0 Å². The molecule has 14 heavy (non-hydrogen) atoms. The summed E-state index contributed by atoms with van der Waals surface area (Å²) in [6.07, 6.45) is 21.1. The van der Waals surface area contributed by atoms with Crippen LogP contribution in [-0.4, -0.2) is 0 Å². The van der Waals surface area contributed by atoms with E-state index in [4.69, 9.17) is 0 Å². The Hall–Kier alpha value is -1.04. The van der Waals surface area contributed by atoms with Crippen LogP contribution in [0.5, 0.6) is 0 Å². The summed E-state index contributed by atoms with van der Waals surface area (Å²) in [5, 5.41) is 0. The molecule has 72 valence electrons. The van der Waals surface area contributed by atoms with Crippen molar-refractivity contribution in [2.24, 2.45) is 23.7 Å². The van der Waals surface area contributed by atoms with Crippen LogP contribution in [0.15, 0.2) is 48.6 Å². The predicted molar refractivity (Wildman–Crippen MR) is 59.8 cm³/mol. The van der Waals surface area contributed by atoms with E-state index >= 15 is 0 Å². The summed E-state index contributed by atoms with van der Waals surface area (Å²) in [5.41, 5.74) is 0. The van der Waals surface area contributed by atoms with Gasteiger partial charge < -0.3 is 0 Å². The zero-order valence-corrected chi connectivity index (χ0v) is 8.34. The van der Waals surface area contributed by atoms with Crippen LogP contribution < -0.4 is 0 Å². The van der Waals surface area contributed by atoms with E-state index in [0.29, 0.717) is 0 Å². The van der Waals surface area contributed by atoms with Crippen molar-refractivity contribution in [3.63, 3.8) is 0 Å². The molecule has 0 saturated carbocycles. The summed E-state index contributed by atoms with van der Waals surface area (Å²) in [5.74, 6) is 3.24. The highest BCUT2D eigenvalue weighted by atomic mass is 14.2. The molecule has 0 fully saturated rings. The maximum atomic E-state index is 2.30. The van der Waals surface area contributed by atoms with Crippen LogP contribution in [0.25, 0.3) is 0 Å². The minimum atomic E-state index is 0.810. The second kappa shape index (κ2) is 3.27. The molecule has 0 saturated heterocycles. The summed E-state index contributed by atoms with van der Waals surface area (Å²) in [6, 6.07) is 0.